The maximum atomic E-state index is 12.5. The number of H-pyrrole nitrogens is 1. The molecule has 8 heteroatoms. The maximum absolute atomic E-state index is 12.5. The van der Waals surface area contributed by atoms with Crippen molar-refractivity contribution in [1.29, 1.82) is 0 Å². The molecule has 0 atom stereocenters. The number of benzene rings is 2. The van der Waals surface area contributed by atoms with Crippen LogP contribution in [0.2, 0.25) is 0 Å². The summed E-state index contributed by atoms with van der Waals surface area (Å²) in [5.74, 6) is 0.605. The van der Waals surface area contributed by atoms with Crippen LogP contribution in [0.1, 0.15) is 28.4 Å². The van der Waals surface area contributed by atoms with Crippen molar-refractivity contribution in [2.45, 2.75) is 24.3 Å². The van der Waals surface area contributed by atoms with Crippen molar-refractivity contribution in [3.8, 4) is 0 Å². The standard InChI is InChI=1S/C19H17N5OS2/c1-2-12-5-8-15-16(9-12)27-19(22-15)23-17(25)14-6-3-13(4-7-14)10-26-18-20-11-21-24-18/h3-9,11H,2,10H2,1H3,(H,20,21,24)(H,22,23,25). The smallest absolute Gasteiger partial charge is 0.257 e. The van der Waals surface area contributed by atoms with Crippen molar-refractivity contribution in [2.24, 2.45) is 0 Å². The highest BCUT2D eigenvalue weighted by atomic mass is 32.2. The average Bonchev–Trinajstić information content (AvgIpc) is 3.35. The van der Waals surface area contributed by atoms with E-state index in [4.69, 9.17) is 0 Å². The second-order valence-corrected chi connectivity index (χ2v) is 7.90. The van der Waals surface area contributed by atoms with E-state index < -0.39 is 0 Å². The van der Waals surface area contributed by atoms with Crippen LogP contribution in [-0.2, 0) is 12.2 Å². The van der Waals surface area contributed by atoms with E-state index in [0.717, 1.165) is 33.1 Å². The molecule has 0 fully saturated rings. The molecule has 0 saturated heterocycles. The Labute approximate surface area is 164 Å². The van der Waals surface area contributed by atoms with Gasteiger partial charge in [-0.1, -0.05) is 48.2 Å². The van der Waals surface area contributed by atoms with Crippen LogP contribution in [0.3, 0.4) is 0 Å². The van der Waals surface area contributed by atoms with E-state index in [1.54, 1.807) is 11.8 Å². The third kappa shape index (κ3) is 4.17. The fraction of sp³-hybridized carbons (Fsp3) is 0.158. The number of hydrogen-bond donors (Lipinski definition) is 2. The zero-order valence-electron chi connectivity index (χ0n) is 14.6. The summed E-state index contributed by atoms with van der Waals surface area (Å²) in [6.07, 6.45) is 2.47. The quantitative estimate of drug-likeness (QED) is 0.469. The summed E-state index contributed by atoms with van der Waals surface area (Å²) >= 11 is 3.06. The van der Waals surface area contributed by atoms with Crippen molar-refractivity contribution in [3.05, 3.63) is 65.5 Å². The van der Waals surface area contributed by atoms with E-state index in [9.17, 15) is 4.79 Å². The molecule has 0 aliphatic carbocycles. The summed E-state index contributed by atoms with van der Waals surface area (Å²) in [5, 5.41) is 10.9. The molecule has 0 spiro atoms. The summed E-state index contributed by atoms with van der Waals surface area (Å²) in [6.45, 7) is 2.12. The van der Waals surface area contributed by atoms with Crippen LogP contribution in [0.4, 0.5) is 5.13 Å². The number of thiazole rings is 1. The molecule has 0 aliphatic rings. The van der Waals surface area contributed by atoms with Crippen molar-refractivity contribution in [1.82, 2.24) is 20.2 Å². The van der Waals surface area contributed by atoms with Crippen LogP contribution in [0.5, 0.6) is 0 Å². The summed E-state index contributed by atoms with van der Waals surface area (Å²) in [5.41, 5.74) is 3.90. The number of rotatable bonds is 6. The molecule has 2 aromatic carbocycles. The third-order valence-corrected chi connectivity index (χ3v) is 5.95. The van der Waals surface area contributed by atoms with E-state index in [1.165, 1.54) is 23.2 Å². The molecule has 4 aromatic rings. The highest BCUT2D eigenvalue weighted by Gasteiger charge is 2.10. The van der Waals surface area contributed by atoms with Crippen molar-refractivity contribution in [3.63, 3.8) is 0 Å². The number of hydrogen-bond acceptors (Lipinski definition) is 6. The molecule has 2 heterocycles. The number of nitrogens with one attached hydrogen (secondary N) is 2. The topological polar surface area (TPSA) is 83.6 Å². The minimum atomic E-state index is -0.154. The lowest BCUT2D eigenvalue weighted by atomic mass is 10.1. The van der Waals surface area contributed by atoms with E-state index >= 15 is 0 Å². The van der Waals surface area contributed by atoms with Gasteiger partial charge < -0.3 is 0 Å². The first-order valence-electron chi connectivity index (χ1n) is 8.49. The number of aryl methyl sites for hydroxylation is 1. The zero-order chi connectivity index (χ0) is 18.6. The lowest BCUT2D eigenvalue weighted by molar-refractivity contribution is 0.102. The van der Waals surface area contributed by atoms with Gasteiger partial charge in [0.1, 0.15) is 6.33 Å². The molecular formula is C19H17N5OS2. The number of fused-ring (bicyclic) bond motifs is 1. The van der Waals surface area contributed by atoms with Gasteiger partial charge in [0.05, 0.1) is 10.2 Å². The van der Waals surface area contributed by atoms with Gasteiger partial charge >= 0.3 is 0 Å². The molecule has 2 N–H and O–H groups in total. The van der Waals surface area contributed by atoms with Crippen LogP contribution in [0.15, 0.2) is 53.9 Å². The van der Waals surface area contributed by atoms with Gasteiger partial charge in [0.25, 0.3) is 5.91 Å². The number of anilines is 1. The van der Waals surface area contributed by atoms with E-state index in [0.29, 0.717) is 10.7 Å². The molecular weight excluding hydrogens is 378 g/mol. The Morgan fingerprint density at radius 3 is 2.74 bits per heavy atom. The Morgan fingerprint density at radius 2 is 2.00 bits per heavy atom. The third-order valence-electron chi connectivity index (χ3n) is 4.07. The van der Waals surface area contributed by atoms with Gasteiger partial charge in [0.2, 0.25) is 0 Å². The van der Waals surface area contributed by atoms with Crippen molar-refractivity contribution >= 4 is 44.4 Å². The van der Waals surface area contributed by atoms with Crippen LogP contribution in [-0.4, -0.2) is 26.1 Å². The Bertz CT molecular complexity index is 1060. The second-order valence-electron chi connectivity index (χ2n) is 5.90. The van der Waals surface area contributed by atoms with Crippen LogP contribution < -0.4 is 5.32 Å². The van der Waals surface area contributed by atoms with Crippen LogP contribution in [0.25, 0.3) is 10.2 Å². The summed E-state index contributed by atoms with van der Waals surface area (Å²) in [7, 11) is 0. The first kappa shape index (κ1) is 17.7. The van der Waals surface area contributed by atoms with Crippen molar-refractivity contribution < 1.29 is 4.79 Å². The molecule has 27 heavy (non-hydrogen) atoms. The predicted octanol–water partition coefficient (Wildman–Crippen LogP) is 4.52. The second kappa shape index (κ2) is 7.89. The highest BCUT2D eigenvalue weighted by molar-refractivity contribution is 7.98. The normalized spacial score (nSPS) is 11.0. The number of aromatic amines is 1. The molecule has 0 saturated carbocycles. The molecule has 2 aromatic heterocycles. The largest absolute Gasteiger partial charge is 0.298 e. The van der Waals surface area contributed by atoms with Gasteiger partial charge in [0, 0.05) is 11.3 Å². The van der Waals surface area contributed by atoms with E-state index in [-0.39, 0.29) is 5.91 Å². The van der Waals surface area contributed by atoms with Gasteiger partial charge in [-0.2, -0.15) is 5.10 Å². The lowest BCUT2D eigenvalue weighted by Crippen LogP contribution is -2.11. The van der Waals surface area contributed by atoms with Gasteiger partial charge in [-0.15, -0.1) is 0 Å². The Kier molecular flexibility index (Phi) is 5.17. The summed E-state index contributed by atoms with van der Waals surface area (Å²) in [4.78, 5) is 21.1. The van der Waals surface area contributed by atoms with Gasteiger partial charge in [-0.3, -0.25) is 15.2 Å². The number of nitrogens with zero attached hydrogens (tertiary/aromatic N) is 3. The molecule has 4 rings (SSSR count). The first-order chi connectivity index (χ1) is 13.2. The number of amides is 1. The predicted molar refractivity (Wildman–Crippen MR) is 109 cm³/mol. The maximum Gasteiger partial charge on any atom is 0.257 e. The van der Waals surface area contributed by atoms with E-state index in [2.05, 4.69) is 44.5 Å². The highest BCUT2D eigenvalue weighted by Crippen LogP contribution is 2.27. The van der Waals surface area contributed by atoms with Crippen LogP contribution in [0, 0.1) is 0 Å². The number of carbonyl (C=O) groups excluding carboxylic acids is 1. The first-order valence-corrected chi connectivity index (χ1v) is 10.3. The zero-order valence-corrected chi connectivity index (χ0v) is 16.2. The summed E-state index contributed by atoms with van der Waals surface area (Å²) in [6, 6.07) is 13.8. The monoisotopic (exact) mass is 395 g/mol. The van der Waals surface area contributed by atoms with Gasteiger partial charge in [0.15, 0.2) is 10.3 Å². The summed E-state index contributed by atoms with van der Waals surface area (Å²) < 4.78 is 1.09. The molecule has 0 unspecified atom stereocenters. The lowest BCUT2D eigenvalue weighted by Gasteiger charge is -2.03. The molecule has 0 radical (unpaired) electrons. The van der Waals surface area contributed by atoms with Gasteiger partial charge in [-0.05, 0) is 41.8 Å². The number of aromatic nitrogens is 4. The molecule has 136 valence electrons. The fourth-order valence-corrected chi connectivity index (χ4v) is 4.24. The molecule has 6 nitrogen and oxygen atoms in total. The Hall–Kier alpha value is -2.71. The Balaban J connectivity index is 1.41. The van der Waals surface area contributed by atoms with Gasteiger partial charge in [-0.25, -0.2) is 9.97 Å². The number of carbonyl (C=O) groups is 1. The fourth-order valence-electron chi connectivity index (χ4n) is 2.58. The average molecular weight is 396 g/mol. The number of thioether (sulfide) groups is 1. The molecule has 0 aliphatic heterocycles. The Morgan fingerprint density at radius 1 is 1.19 bits per heavy atom. The van der Waals surface area contributed by atoms with Crippen LogP contribution >= 0.6 is 23.1 Å². The van der Waals surface area contributed by atoms with E-state index in [1.807, 2.05) is 30.3 Å². The minimum Gasteiger partial charge on any atom is -0.298 e. The molecule has 0 bridgehead atoms. The minimum absolute atomic E-state index is 0.154. The molecule has 1 amide bonds. The van der Waals surface area contributed by atoms with Crippen molar-refractivity contribution in [2.75, 3.05) is 5.32 Å². The SMILES string of the molecule is CCc1ccc2nc(NC(=O)c3ccc(CSc4ncn[nH]4)cc3)sc2c1.